The first-order chi connectivity index (χ1) is 8.66. The molecule has 0 bridgehead atoms. The summed E-state index contributed by atoms with van der Waals surface area (Å²) in [5.74, 6) is 0.864. The number of rotatable bonds is 5. The molecule has 5 heteroatoms. The first-order valence-corrected chi connectivity index (χ1v) is 7.43. The van der Waals surface area contributed by atoms with Gasteiger partial charge in [0, 0.05) is 12.7 Å². The van der Waals surface area contributed by atoms with Gasteiger partial charge in [-0.15, -0.1) is 0 Å². The van der Waals surface area contributed by atoms with E-state index in [0.717, 1.165) is 23.4 Å². The van der Waals surface area contributed by atoms with E-state index in [9.17, 15) is 4.79 Å². The molecule has 1 fully saturated rings. The molecule has 0 spiro atoms. The van der Waals surface area contributed by atoms with Crippen LogP contribution in [0.3, 0.4) is 0 Å². The minimum atomic E-state index is -0.250. The first-order valence-electron chi connectivity index (χ1n) is 6.64. The average Bonchev–Trinajstić information content (AvgIpc) is 2.99. The molecular formula is C13H20BrN3O. The van der Waals surface area contributed by atoms with Crippen LogP contribution in [0.15, 0.2) is 16.9 Å². The van der Waals surface area contributed by atoms with Gasteiger partial charge in [0.2, 0.25) is 5.91 Å². The SMILES string of the molecule is CC(C(=O)NCCC1CCCC1)n1cc(Br)cn1. The monoisotopic (exact) mass is 313 g/mol. The maximum absolute atomic E-state index is 11.9. The summed E-state index contributed by atoms with van der Waals surface area (Å²) in [6.45, 7) is 2.65. The minimum absolute atomic E-state index is 0.0450. The van der Waals surface area contributed by atoms with Gasteiger partial charge >= 0.3 is 0 Å². The van der Waals surface area contributed by atoms with E-state index in [4.69, 9.17) is 0 Å². The van der Waals surface area contributed by atoms with Crippen molar-refractivity contribution in [3.63, 3.8) is 0 Å². The molecule has 1 unspecified atom stereocenters. The number of hydrogen-bond acceptors (Lipinski definition) is 2. The number of nitrogens with zero attached hydrogens (tertiary/aromatic N) is 2. The second-order valence-electron chi connectivity index (χ2n) is 5.04. The summed E-state index contributed by atoms with van der Waals surface area (Å²) in [6, 6.07) is -0.250. The Labute approximate surface area is 116 Å². The summed E-state index contributed by atoms with van der Waals surface area (Å²) in [4.78, 5) is 11.9. The van der Waals surface area contributed by atoms with E-state index < -0.39 is 0 Å². The van der Waals surface area contributed by atoms with Gasteiger partial charge in [-0.1, -0.05) is 25.7 Å². The maximum Gasteiger partial charge on any atom is 0.244 e. The second kappa shape index (κ2) is 6.36. The van der Waals surface area contributed by atoms with E-state index in [-0.39, 0.29) is 11.9 Å². The molecule has 1 heterocycles. The topological polar surface area (TPSA) is 46.9 Å². The Morgan fingerprint density at radius 2 is 2.33 bits per heavy atom. The number of carbonyl (C=O) groups is 1. The third-order valence-electron chi connectivity index (χ3n) is 3.67. The predicted octanol–water partition coefficient (Wildman–Crippen LogP) is 2.90. The largest absolute Gasteiger partial charge is 0.354 e. The van der Waals surface area contributed by atoms with Crippen molar-refractivity contribution in [3.8, 4) is 0 Å². The van der Waals surface area contributed by atoms with Crippen LogP contribution < -0.4 is 5.32 Å². The first kappa shape index (κ1) is 13.6. The Morgan fingerprint density at radius 3 is 2.94 bits per heavy atom. The van der Waals surface area contributed by atoms with Crippen molar-refractivity contribution in [1.29, 1.82) is 0 Å². The lowest BCUT2D eigenvalue weighted by Gasteiger charge is -2.14. The molecule has 2 rings (SSSR count). The fraction of sp³-hybridized carbons (Fsp3) is 0.692. The fourth-order valence-electron chi connectivity index (χ4n) is 2.49. The highest BCUT2D eigenvalue weighted by Crippen LogP contribution is 2.26. The summed E-state index contributed by atoms with van der Waals surface area (Å²) in [6.07, 6.45) is 10.0. The molecule has 0 aliphatic heterocycles. The molecule has 1 aromatic heterocycles. The predicted molar refractivity (Wildman–Crippen MR) is 74.2 cm³/mol. The van der Waals surface area contributed by atoms with Crippen LogP contribution in [0, 0.1) is 5.92 Å². The van der Waals surface area contributed by atoms with E-state index in [1.807, 2.05) is 13.1 Å². The molecule has 0 aromatic carbocycles. The van der Waals surface area contributed by atoms with Crippen molar-refractivity contribution in [2.24, 2.45) is 5.92 Å². The van der Waals surface area contributed by atoms with E-state index >= 15 is 0 Å². The quantitative estimate of drug-likeness (QED) is 0.908. The van der Waals surface area contributed by atoms with Crippen molar-refractivity contribution in [2.45, 2.75) is 45.1 Å². The van der Waals surface area contributed by atoms with Crippen LogP contribution in [-0.4, -0.2) is 22.2 Å². The summed E-state index contributed by atoms with van der Waals surface area (Å²) >= 11 is 3.33. The van der Waals surface area contributed by atoms with Crippen LogP contribution in [0.5, 0.6) is 0 Å². The van der Waals surface area contributed by atoms with Crippen LogP contribution in [-0.2, 0) is 4.79 Å². The Kier molecular flexibility index (Phi) is 4.80. The minimum Gasteiger partial charge on any atom is -0.354 e. The Morgan fingerprint density at radius 1 is 1.61 bits per heavy atom. The van der Waals surface area contributed by atoms with Crippen LogP contribution in [0.4, 0.5) is 0 Å². The number of hydrogen-bond donors (Lipinski definition) is 1. The molecule has 100 valence electrons. The van der Waals surface area contributed by atoms with E-state index in [2.05, 4.69) is 26.3 Å². The molecular weight excluding hydrogens is 294 g/mol. The maximum atomic E-state index is 11.9. The van der Waals surface area contributed by atoms with Gasteiger partial charge in [-0.05, 0) is 35.2 Å². The zero-order valence-corrected chi connectivity index (χ0v) is 12.3. The van der Waals surface area contributed by atoms with Gasteiger partial charge in [0.05, 0.1) is 10.7 Å². The van der Waals surface area contributed by atoms with Gasteiger partial charge in [-0.3, -0.25) is 9.48 Å². The Bertz CT molecular complexity index is 399. The average molecular weight is 314 g/mol. The Hall–Kier alpha value is -0.840. The van der Waals surface area contributed by atoms with Crippen molar-refractivity contribution in [1.82, 2.24) is 15.1 Å². The molecule has 1 amide bonds. The molecule has 1 aliphatic rings. The number of aromatic nitrogens is 2. The third-order valence-corrected chi connectivity index (χ3v) is 4.08. The van der Waals surface area contributed by atoms with Gasteiger partial charge < -0.3 is 5.32 Å². The molecule has 1 atom stereocenters. The molecule has 0 saturated heterocycles. The number of carbonyl (C=O) groups excluding carboxylic acids is 1. The lowest BCUT2D eigenvalue weighted by Crippen LogP contribution is -2.32. The van der Waals surface area contributed by atoms with Crippen molar-refractivity contribution >= 4 is 21.8 Å². The fourth-order valence-corrected chi connectivity index (χ4v) is 2.79. The number of nitrogens with one attached hydrogen (secondary N) is 1. The van der Waals surface area contributed by atoms with E-state index in [1.54, 1.807) is 10.9 Å². The third kappa shape index (κ3) is 3.57. The van der Waals surface area contributed by atoms with Crippen LogP contribution in [0.1, 0.15) is 45.1 Å². The summed E-state index contributed by atoms with van der Waals surface area (Å²) in [5.41, 5.74) is 0. The van der Waals surface area contributed by atoms with Gasteiger partial charge in [-0.2, -0.15) is 5.10 Å². The van der Waals surface area contributed by atoms with Crippen LogP contribution >= 0.6 is 15.9 Å². The molecule has 0 radical (unpaired) electrons. The summed E-state index contributed by atoms with van der Waals surface area (Å²) in [7, 11) is 0. The highest BCUT2D eigenvalue weighted by molar-refractivity contribution is 9.10. The normalized spacial score (nSPS) is 17.9. The molecule has 1 aromatic rings. The van der Waals surface area contributed by atoms with Crippen LogP contribution in [0.2, 0.25) is 0 Å². The van der Waals surface area contributed by atoms with Crippen molar-refractivity contribution in [2.75, 3.05) is 6.54 Å². The van der Waals surface area contributed by atoms with E-state index in [0.29, 0.717) is 0 Å². The highest BCUT2D eigenvalue weighted by atomic mass is 79.9. The van der Waals surface area contributed by atoms with Crippen molar-refractivity contribution < 1.29 is 4.79 Å². The molecule has 1 saturated carbocycles. The van der Waals surface area contributed by atoms with Crippen molar-refractivity contribution in [3.05, 3.63) is 16.9 Å². The smallest absolute Gasteiger partial charge is 0.244 e. The standard InChI is InChI=1S/C13H20BrN3O/c1-10(17-9-12(14)8-16-17)13(18)15-7-6-11-4-2-3-5-11/h8-11H,2-7H2,1H3,(H,15,18). The zero-order valence-electron chi connectivity index (χ0n) is 10.7. The zero-order chi connectivity index (χ0) is 13.0. The molecule has 1 N–H and O–H groups in total. The lowest BCUT2D eigenvalue weighted by atomic mass is 10.0. The van der Waals surface area contributed by atoms with Gasteiger partial charge in [0.25, 0.3) is 0 Å². The van der Waals surface area contributed by atoms with Crippen LogP contribution in [0.25, 0.3) is 0 Å². The summed E-state index contributed by atoms with van der Waals surface area (Å²) < 4.78 is 2.57. The van der Waals surface area contributed by atoms with Gasteiger partial charge in [0.15, 0.2) is 0 Å². The van der Waals surface area contributed by atoms with Gasteiger partial charge in [0.1, 0.15) is 6.04 Å². The number of amides is 1. The molecule has 4 nitrogen and oxygen atoms in total. The Balaban J connectivity index is 1.73. The highest BCUT2D eigenvalue weighted by Gasteiger charge is 2.17. The van der Waals surface area contributed by atoms with Gasteiger partial charge in [-0.25, -0.2) is 0 Å². The molecule has 18 heavy (non-hydrogen) atoms. The second-order valence-corrected chi connectivity index (χ2v) is 5.96. The lowest BCUT2D eigenvalue weighted by molar-refractivity contribution is -0.124. The molecule has 1 aliphatic carbocycles. The summed E-state index contributed by atoms with van der Waals surface area (Å²) in [5, 5.41) is 7.13. The number of halogens is 1. The van der Waals surface area contributed by atoms with E-state index in [1.165, 1.54) is 25.7 Å².